The zero-order chi connectivity index (χ0) is 20.7. The molecule has 0 spiro atoms. The smallest absolute Gasteiger partial charge is 0.237 e. The van der Waals surface area contributed by atoms with Gasteiger partial charge < -0.3 is 14.6 Å². The highest BCUT2D eigenvalue weighted by atomic mass is 35.5. The number of rotatable bonds is 3. The SMILES string of the molecule is O=C(CN1CCOC(c2ccc(Cl)c(Cl)c2)C1)N1CCc2[nH]c3ccccc3c2C1. The molecule has 0 saturated carbocycles. The van der Waals surface area contributed by atoms with Crippen LogP contribution in [0.5, 0.6) is 0 Å². The Balaban J connectivity index is 1.25. The summed E-state index contributed by atoms with van der Waals surface area (Å²) in [6.45, 7) is 3.81. The number of para-hydroxylation sites is 1. The Morgan fingerprint density at radius 1 is 1.13 bits per heavy atom. The van der Waals surface area contributed by atoms with Gasteiger partial charge >= 0.3 is 0 Å². The number of nitrogens with zero attached hydrogens (tertiary/aromatic N) is 2. The molecule has 3 heterocycles. The van der Waals surface area contributed by atoms with Gasteiger partial charge in [-0.05, 0) is 23.8 Å². The van der Waals surface area contributed by atoms with Crippen LogP contribution in [0.2, 0.25) is 10.0 Å². The largest absolute Gasteiger partial charge is 0.371 e. The third kappa shape index (κ3) is 3.83. The van der Waals surface area contributed by atoms with Gasteiger partial charge in [0.1, 0.15) is 0 Å². The van der Waals surface area contributed by atoms with Crippen LogP contribution in [-0.2, 0) is 22.5 Å². The highest BCUT2D eigenvalue weighted by molar-refractivity contribution is 6.42. The Hall–Kier alpha value is -2.05. The first-order chi connectivity index (χ1) is 14.6. The van der Waals surface area contributed by atoms with Crippen LogP contribution in [0.3, 0.4) is 0 Å². The zero-order valence-corrected chi connectivity index (χ0v) is 18.0. The number of ether oxygens (including phenoxy) is 1. The van der Waals surface area contributed by atoms with Crippen molar-refractivity contribution >= 4 is 40.0 Å². The third-order valence-corrected chi connectivity index (χ3v) is 6.80. The number of morpholine rings is 1. The van der Waals surface area contributed by atoms with Crippen molar-refractivity contribution in [2.45, 2.75) is 19.1 Å². The van der Waals surface area contributed by atoms with E-state index in [9.17, 15) is 4.79 Å². The van der Waals surface area contributed by atoms with Gasteiger partial charge in [-0.25, -0.2) is 0 Å². The van der Waals surface area contributed by atoms with Crippen molar-refractivity contribution in [3.63, 3.8) is 0 Å². The second-order valence-electron chi connectivity index (χ2n) is 7.96. The second-order valence-corrected chi connectivity index (χ2v) is 8.78. The number of benzene rings is 2. The maximum atomic E-state index is 13.1. The Morgan fingerprint density at radius 2 is 2.00 bits per heavy atom. The molecular weight excluding hydrogens is 421 g/mol. The molecule has 2 aliphatic rings. The van der Waals surface area contributed by atoms with E-state index < -0.39 is 0 Å². The Kier molecular flexibility index (Phi) is 5.46. The predicted octanol–water partition coefficient (Wildman–Crippen LogP) is 4.43. The van der Waals surface area contributed by atoms with Gasteiger partial charge in [-0.15, -0.1) is 0 Å². The van der Waals surface area contributed by atoms with E-state index in [-0.39, 0.29) is 12.0 Å². The lowest BCUT2D eigenvalue weighted by Crippen LogP contribution is -2.46. The van der Waals surface area contributed by atoms with Gasteiger partial charge in [0.2, 0.25) is 5.91 Å². The summed E-state index contributed by atoms with van der Waals surface area (Å²) >= 11 is 12.2. The quantitative estimate of drug-likeness (QED) is 0.650. The first-order valence-corrected chi connectivity index (χ1v) is 11.0. The third-order valence-electron chi connectivity index (χ3n) is 6.06. The summed E-state index contributed by atoms with van der Waals surface area (Å²) < 4.78 is 5.93. The van der Waals surface area contributed by atoms with Crippen molar-refractivity contribution in [1.29, 1.82) is 0 Å². The zero-order valence-electron chi connectivity index (χ0n) is 16.5. The number of hydrogen-bond donors (Lipinski definition) is 1. The molecule has 1 amide bonds. The van der Waals surface area contributed by atoms with Gasteiger partial charge in [0, 0.05) is 54.8 Å². The van der Waals surface area contributed by atoms with E-state index in [1.54, 1.807) is 6.07 Å². The van der Waals surface area contributed by atoms with Gasteiger partial charge in [0.25, 0.3) is 0 Å². The lowest BCUT2D eigenvalue weighted by atomic mass is 10.0. The number of hydrogen-bond acceptors (Lipinski definition) is 3. The van der Waals surface area contributed by atoms with Crippen molar-refractivity contribution in [3.05, 3.63) is 69.3 Å². The standard InChI is InChI=1S/C23H23Cl2N3O2/c24-18-6-5-15(11-19(18)25)22-13-27(9-10-30-22)14-23(29)28-8-7-21-17(12-28)16-3-1-2-4-20(16)26-21/h1-6,11,22,26H,7-10,12-14H2. The second kappa shape index (κ2) is 8.23. The van der Waals surface area contributed by atoms with E-state index in [0.717, 1.165) is 30.6 Å². The molecule has 1 unspecified atom stereocenters. The Labute approximate surface area is 185 Å². The van der Waals surface area contributed by atoms with Gasteiger partial charge in [-0.2, -0.15) is 0 Å². The summed E-state index contributed by atoms with van der Waals surface area (Å²) in [7, 11) is 0. The highest BCUT2D eigenvalue weighted by Gasteiger charge is 2.28. The van der Waals surface area contributed by atoms with Crippen LogP contribution in [0.25, 0.3) is 10.9 Å². The van der Waals surface area contributed by atoms with Crippen LogP contribution in [0, 0.1) is 0 Å². The van der Waals surface area contributed by atoms with Gasteiger partial charge in [0.15, 0.2) is 0 Å². The number of nitrogens with one attached hydrogen (secondary N) is 1. The van der Waals surface area contributed by atoms with Crippen LogP contribution in [0.4, 0.5) is 0 Å². The molecule has 3 aromatic rings. The molecule has 7 heteroatoms. The molecule has 0 aliphatic carbocycles. The van der Waals surface area contributed by atoms with Crippen molar-refractivity contribution in [1.82, 2.24) is 14.8 Å². The summed E-state index contributed by atoms with van der Waals surface area (Å²) in [6, 6.07) is 13.9. The fourth-order valence-corrected chi connectivity index (χ4v) is 4.74. The first kappa shape index (κ1) is 19.9. The summed E-state index contributed by atoms with van der Waals surface area (Å²) in [5, 5.41) is 2.27. The first-order valence-electron chi connectivity index (χ1n) is 10.2. The minimum absolute atomic E-state index is 0.108. The number of carbonyl (C=O) groups is 1. The summed E-state index contributed by atoms with van der Waals surface area (Å²) in [5.74, 6) is 0.167. The number of halogens is 2. The summed E-state index contributed by atoms with van der Waals surface area (Å²) in [6.07, 6.45) is 0.757. The molecule has 2 aliphatic heterocycles. The summed E-state index contributed by atoms with van der Waals surface area (Å²) in [4.78, 5) is 20.7. The molecule has 1 N–H and O–H groups in total. The monoisotopic (exact) mass is 443 g/mol. The molecule has 0 bridgehead atoms. The average Bonchev–Trinajstić information content (AvgIpc) is 3.14. The molecule has 2 aromatic carbocycles. The van der Waals surface area contributed by atoms with Crippen molar-refractivity contribution in [3.8, 4) is 0 Å². The van der Waals surface area contributed by atoms with Gasteiger partial charge in [-0.3, -0.25) is 9.69 Å². The number of amides is 1. The number of aromatic amines is 1. The molecular formula is C23H23Cl2N3O2. The van der Waals surface area contributed by atoms with Crippen molar-refractivity contribution in [2.24, 2.45) is 0 Å². The maximum Gasteiger partial charge on any atom is 0.237 e. The molecule has 1 aromatic heterocycles. The normalized spacial score (nSPS) is 19.8. The Morgan fingerprint density at radius 3 is 2.87 bits per heavy atom. The predicted molar refractivity (Wildman–Crippen MR) is 119 cm³/mol. The maximum absolute atomic E-state index is 13.1. The number of fused-ring (bicyclic) bond motifs is 3. The van der Waals surface area contributed by atoms with Gasteiger partial charge in [0.05, 0.1) is 29.3 Å². The molecule has 30 heavy (non-hydrogen) atoms. The topological polar surface area (TPSA) is 48.6 Å². The molecule has 5 rings (SSSR count). The Bertz CT molecular complexity index is 1100. The van der Waals surface area contributed by atoms with E-state index in [1.807, 2.05) is 29.2 Å². The molecule has 0 radical (unpaired) electrons. The van der Waals surface area contributed by atoms with Crippen LogP contribution in [0.1, 0.15) is 22.9 Å². The highest BCUT2D eigenvalue weighted by Crippen LogP contribution is 2.30. The molecule has 1 saturated heterocycles. The van der Waals surface area contributed by atoms with Crippen LogP contribution >= 0.6 is 23.2 Å². The average molecular weight is 444 g/mol. The van der Waals surface area contributed by atoms with Crippen molar-refractivity contribution < 1.29 is 9.53 Å². The van der Waals surface area contributed by atoms with Crippen LogP contribution in [0.15, 0.2) is 42.5 Å². The van der Waals surface area contributed by atoms with E-state index in [0.29, 0.717) is 36.3 Å². The van der Waals surface area contributed by atoms with Gasteiger partial charge in [-0.1, -0.05) is 47.5 Å². The van der Waals surface area contributed by atoms with Crippen LogP contribution in [-0.4, -0.2) is 53.5 Å². The number of H-pyrrole nitrogens is 1. The lowest BCUT2D eigenvalue weighted by molar-refractivity contribution is -0.135. The molecule has 1 fully saturated rings. The fourth-order valence-electron chi connectivity index (χ4n) is 4.43. The van der Waals surface area contributed by atoms with E-state index in [4.69, 9.17) is 27.9 Å². The summed E-state index contributed by atoms with van der Waals surface area (Å²) in [5.41, 5.74) is 4.64. The molecule has 1 atom stereocenters. The van der Waals surface area contributed by atoms with Crippen LogP contribution < -0.4 is 0 Å². The molecule has 156 valence electrons. The number of aromatic nitrogens is 1. The van der Waals surface area contributed by atoms with E-state index in [1.165, 1.54) is 16.6 Å². The minimum atomic E-state index is -0.108. The lowest BCUT2D eigenvalue weighted by Gasteiger charge is -2.35. The molecule has 5 nitrogen and oxygen atoms in total. The van der Waals surface area contributed by atoms with E-state index in [2.05, 4.69) is 22.0 Å². The van der Waals surface area contributed by atoms with Crippen molar-refractivity contribution in [2.75, 3.05) is 32.8 Å². The fraction of sp³-hybridized carbons (Fsp3) is 0.348. The minimum Gasteiger partial charge on any atom is -0.371 e. The van der Waals surface area contributed by atoms with E-state index >= 15 is 0 Å². The number of carbonyl (C=O) groups excluding carboxylic acids is 1.